The first-order valence-electron chi connectivity index (χ1n) is 4.97. The Kier molecular flexibility index (Phi) is 2.88. The van der Waals surface area contributed by atoms with E-state index in [2.05, 4.69) is 0 Å². The van der Waals surface area contributed by atoms with Crippen LogP contribution in [0.3, 0.4) is 0 Å². The highest BCUT2D eigenvalue weighted by Crippen LogP contribution is 2.20. The lowest BCUT2D eigenvalue weighted by Gasteiger charge is -2.28. The van der Waals surface area contributed by atoms with Crippen LogP contribution in [0.5, 0.6) is 0 Å². The van der Waals surface area contributed by atoms with Gasteiger partial charge in [0.25, 0.3) is 0 Å². The average Bonchev–Trinajstić information content (AvgIpc) is 2.61. The third kappa shape index (κ3) is 1.83. The predicted molar refractivity (Wildman–Crippen MR) is 47.9 cm³/mol. The number of nitrogens with zero attached hydrogens (tertiary/aromatic N) is 1. The monoisotopic (exact) mass is 201 g/mol. The maximum Gasteiger partial charge on any atom is 0.410 e. The molecule has 1 amide bonds. The van der Waals surface area contributed by atoms with Crippen molar-refractivity contribution in [3.8, 4) is 0 Å². The largest absolute Gasteiger partial charge is 0.442 e. The van der Waals surface area contributed by atoms with Crippen LogP contribution >= 0.6 is 0 Å². The fourth-order valence-electron chi connectivity index (χ4n) is 1.90. The van der Waals surface area contributed by atoms with Gasteiger partial charge in [-0.15, -0.1) is 0 Å². The molecule has 0 aromatic heterocycles. The molecule has 2 fully saturated rings. The summed E-state index contributed by atoms with van der Waals surface area (Å²) in [4.78, 5) is 13.0. The number of amides is 1. The summed E-state index contributed by atoms with van der Waals surface area (Å²) in [6.45, 7) is 1.76. The Morgan fingerprint density at radius 3 is 3.00 bits per heavy atom. The number of hydrogen-bond donors (Lipinski definition) is 1. The highest BCUT2D eigenvalue weighted by molar-refractivity contribution is 5.70. The van der Waals surface area contributed by atoms with Crippen molar-refractivity contribution in [1.82, 2.24) is 4.90 Å². The summed E-state index contributed by atoms with van der Waals surface area (Å²) in [7, 11) is 0. The van der Waals surface area contributed by atoms with Gasteiger partial charge in [-0.3, -0.25) is 4.90 Å². The van der Waals surface area contributed by atoms with Gasteiger partial charge in [0, 0.05) is 6.61 Å². The molecule has 5 nitrogen and oxygen atoms in total. The van der Waals surface area contributed by atoms with Crippen LogP contribution in [0.4, 0.5) is 4.79 Å². The normalized spacial score (nSPS) is 33.2. The second-order valence-corrected chi connectivity index (χ2v) is 3.71. The molecule has 2 saturated heterocycles. The molecule has 2 atom stereocenters. The standard InChI is InChI=1S/C9H15NO4/c11-5-8-4-10(9(12)14-8)7-2-1-3-13-6-7/h7-8,11H,1-6H2/t7?,8-/m1/s1. The van der Waals surface area contributed by atoms with Crippen molar-refractivity contribution in [2.24, 2.45) is 0 Å². The van der Waals surface area contributed by atoms with Gasteiger partial charge in [0.1, 0.15) is 6.10 Å². The molecule has 0 radical (unpaired) electrons. The van der Waals surface area contributed by atoms with E-state index in [0.29, 0.717) is 13.2 Å². The van der Waals surface area contributed by atoms with Crippen molar-refractivity contribution in [2.45, 2.75) is 25.0 Å². The maximum atomic E-state index is 11.4. The molecule has 0 aliphatic carbocycles. The molecule has 2 aliphatic rings. The quantitative estimate of drug-likeness (QED) is 0.682. The number of cyclic esters (lactones) is 1. The van der Waals surface area contributed by atoms with E-state index < -0.39 is 0 Å². The molecule has 2 rings (SSSR count). The molecule has 0 aromatic carbocycles. The summed E-state index contributed by atoms with van der Waals surface area (Å²) in [6, 6.07) is 0.132. The first-order chi connectivity index (χ1) is 6.81. The minimum Gasteiger partial charge on any atom is -0.442 e. The second kappa shape index (κ2) is 4.14. The number of carbonyl (C=O) groups excluding carboxylic acids is 1. The minimum atomic E-state index is -0.357. The third-order valence-corrected chi connectivity index (χ3v) is 2.68. The van der Waals surface area contributed by atoms with E-state index in [4.69, 9.17) is 14.6 Å². The van der Waals surface area contributed by atoms with E-state index >= 15 is 0 Å². The van der Waals surface area contributed by atoms with Gasteiger partial charge in [0.05, 0.1) is 25.8 Å². The fraction of sp³-hybridized carbons (Fsp3) is 0.889. The molecule has 14 heavy (non-hydrogen) atoms. The van der Waals surface area contributed by atoms with Gasteiger partial charge >= 0.3 is 6.09 Å². The number of hydrogen-bond acceptors (Lipinski definition) is 4. The zero-order valence-electron chi connectivity index (χ0n) is 8.02. The Labute approximate surface area is 82.6 Å². The second-order valence-electron chi connectivity index (χ2n) is 3.71. The Bertz CT molecular complexity index is 215. The van der Waals surface area contributed by atoms with Crippen molar-refractivity contribution in [3.05, 3.63) is 0 Å². The van der Waals surface area contributed by atoms with Crippen molar-refractivity contribution < 1.29 is 19.4 Å². The van der Waals surface area contributed by atoms with Crippen LogP contribution < -0.4 is 0 Å². The number of aliphatic hydroxyl groups excluding tert-OH is 1. The Balaban J connectivity index is 1.93. The Morgan fingerprint density at radius 2 is 2.43 bits per heavy atom. The van der Waals surface area contributed by atoms with Crippen LogP contribution in [0.15, 0.2) is 0 Å². The molecular weight excluding hydrogens is 186 g/mol. The number of ether oxygens (including phenoxy) is 2. The fourth-order valence-corrected chi connectivity index (χ4v) is 1.90. The molecule has 2 aliphatic heterocycles. The number of aliphatic hydroxyl groups is 1. The molecular formula is C9H15NO4. The molecule has 5 heteroatoms. The van der Waals surface area contributed by atoms with Crippen molar-refractivity contribution in [1.29, 1.82) is 0 Å². The average molecular weight is 201 g/mol. The molecule has 1 unspecified atom stereocenters. The lowest BCUT2D eigenvalue weighted by molar-refractivity contribution is 0.0347. The van der Waals surface area contributed by atoms with Crippen molar-refractivity contribution >= 4 is 6.09 Å². The van der Waals surface area contributed by atoms with Crippen molar-refractivity contribution in [2.75, 3.05) is 26.4 Å². The van der Waals surface area contributed by atoms with Crippen molar-refractivity contribution in [3.63, 3.8) is 0 Å². The van der Waals surface area contributed by atoms with Gasteiger partial charge in [-0.05, 0) is 12.8 Å². The first kappa shape index (κ1) is 9.73. The zero-order valence-corrected chi connectivity index (χ0v) is 8.02. The van der Waals surface area contributed by atoms with Gasteiger partial charge in [0.15, 0.2) is 0 Å². The highest BCUT2D eigenvalue weighted by Gasteiger charge is 2.36. The SMILES string of the molecule is O=C1O[C@@H](CO)CN1C1CCCOC1. The van der Waals surface area contributed by atoms with Gasteiger partial charge in [-0.1, -0.05) is 0 Å². The minimum absolute atomic E-state index is 0.101. The van der Waals surface area contributed by atoms with Gasteiger partial charge in [0.2, 0.25) is 0 Å². The first-order valence-corrected chi connectivity index (χ1v) is 4.97. The summed E-state index contributed by atoms with van der Waals surface area (Å²) >= 11 is 0. The Hall–Kier alpha value is -0.810. The summed E-state index contributed by atoms with van der Waals surface area (Å²) in [5, 5.41) is 8.86. The lowest BCUT2D eigenvalue weighted by Crippen LogP contribution is -2.42. The van der Waals surface area contributed by atoms with E-state index in [1.54, 1.807) is 4.90 Å². The maximum absolute atomic E-state index is 11.4. The van der Waals surface area contributed by atoms with E-state index in [1.807, 2.05) is 0 Å². The van der Waals surface area contributed by atoms with Crippen LogP contribution in [0, 0.1) is 0 Å². The molecule has 0 aromatic rings. The van der Waals surface area contributed by atoms with Crippen LogP contribution in [-0.4, -0.2) is 54.6 Å². The van der Waals surface area contributed by atoms with Gasteiger partial charge in [-0.2, -0.15) is 0 Å². The Morgan fingerprint density at radius 1 is 1.57 bits per heavy atom. The van der Waals surface area contributed by atoms with E-state index in [0.717, 1.165) is 19.4 Å². The van der Waals surface area contributed by atoms with E-state index in [9.17, 15) is 4.79 Å². The summed E-state index contributed by atoms with van der Waals surface area (Å²) in [5.74, 6) is 0. The number of carbonyl (C=O) groups is 1. The predicted octanol–water partition coefficient (Wildman–Crippen LogP) is -0.0215. The molecule has 1 N–H and O–H groups in total. The van der Waals surface area contributed by atoms with Crippen LogP contribution in [0.25, 0.3) is 0 Å². The topological polar surface area (TPSA) is 59.0 Å². The van der Waals surface area contributed by atoms with Crippen LogP contribution in [-0.2, 0) is 9.47 Å². The number of rotatable bonds is 2. The van der Waals surface area contributed by atoms with Crippen LogP contribution in [0.2, 0.25) is 0 Å². The molecule has 80 valence electrons. The lowest BCUT2D eigenvalue weighted by atomic mass is 10.1. The zero-order chi connectivity index (χ0) is 9.97. The molecule has 0 spiro atoms. The van der Waals surface area contributed by atoms with Gasteiger partial charge in [-0.25, -0.2) is 4.79 Å². The smallest absolute Gasteiger partial charge is 0.410 e. The summed E-state index contributed by atoms with van der Waals surface area (Å²) < 4.78 is 10.3. The molecule has 0 saturated carbocycles. The highest BCUT2D eigenvalue weighted by atomic mass is 16.6. The van der Waals surface area contributed by atoms with Crippen LogP contribution in [0.1, 0.15) is 12.8 Å². The van der Waals surface area contributed by atoms with E-state index in [-0.39, 0.29) is 24.8 Å². The molecule has 2 heterocycles. The van der Waals surface area contributed by atoms with E-state index in [1.165, 1.54) is 0 Å². The molecule has 0 bridgehead atoms. The van der Waals surface area contributed by atoms with Gasteiger partial charge < -0.3 is 14.6 Å². The third-order valence-electron chi connectivity index (χ3n) is 2.68. The summed E-state index contributed by atoms with van der Waals surface area (Å²) in [6.07, 6.45) is 1.27. The summed E-state index contributed by atoms with van der Waals surface area (Å²) in [5.41, 5.74) is 0.